The summed E-state index contributed by atoms with van der Waals surface area (Å²) in [6, 6.07) is 5.50. The van der Waals surface area contributed by atoms with E-state index in [0.717, 1.165) is 5.56 Å². The summed E-state index contributed by atoms with van der Waals surface area (Å²) in [5.41, 5.74) is 6.55. The zero-order valence-corrected chi connectivity index (χ0v) is 6.07. The van der Waals surface area contributed by atoms with Crippen LogP contribution in [-0.2, 0) is 0 Å². The summed E-state index contributed by atoms with van der Waals surface area (Å²) in [7, 11) is 0. The minimum atomic E-state index is -0.200. The van der Waals surface area contributed by atoms with E-state index in [0.29, 0.717) is 6.42 Å². The van der Waals surface area contributed by atoms with Crippen LogP contribution in [0.4, 0.5) is 0 Å². The summed E-state index contributed by atoms with van der Waals surface area (Å²) in [6.07, 6.45) is 3.70. The predicted molar refractivity (Wildman–Crippen MR) is 41.4 cm³/mol. The number of nitrogens with two attached hydrogens (primary N) is 1. The van der Waals surface area contributed by atoms with E-state index in [1.165, 1.54) is 0 Å². The maximum absolute atomic E-state index is 8.35. The van der Waals surface area contributed by atoms with Crippen LogP contribution in [0.15, 0.2) is 24.5 Å². The van der Waals surface area contributed by atoms with Crippen molar-refractivity contribution in [3.05, 3.63) is 30.1 Å². The van der Waals surface area contributed by atoms with Gasteiger partial charge in [-0.3, -0.25) is 4.98 Å². The second kappa shape index (κ2) is 3.69. The van der Waals surface area contributed by atoms with Crippen molar-refractivity contribution in [2.45, 2.75) is 12.5 Å². The zero-order valence-electron chi connectivity index (χ0n) is 6.07. The van der Waals surface area contributed by atoms with Gasteiger partial charge in [0.2, 0.25) is 0 Å². The quantitative estimate of drug-likeness (QED) is 0.678. The molecule has 0 aromatic carbocycles. The molecule has 56 valence electrons. The van der Waals surface area contributed by atoms with Crippen LogP contribution in [0.3, 0.4) is 0 Å². The van der Waals surface area contributed by atoms with Gasteiger partial charge in [-0.25, -0.2) is 0 Å². The van der Waals surface area contributed by atoms with Crippen molar-refractivity contribution in [1.29, 1.82) is 5.26 Å². The molecule has 0 unspecified atom stereocenters. The number of aromatic nitrogens is 1. The highest BCUT2D eigenvalue weighted by molar-refractivity contribution is 5.14. The van der Waals surface area contributed by atoms with E-state index >= 15 is 0 Å². The van der Waals surface area contributed by atoms with Gasteiger partial charge in [0.1, 0.15) is 0 Å². The lowest BCUT2D eigenvalue weighted by molar-refractivity contribution is 0.744. The molecule has 0 aliphatic heterocycles. The van der Waals surface area contributed by atoms with E-state index < -0.39 is 0 Å². The van der Waals surface area contributed by atoms with Crippen molar-refractivity contribution < 1.29 is 0 Å². The molecule has 0 aliphatic rings. The number of nitriles is 1. The molecule has 0 fully saturated rings. The maximum atomic E-state index is 8.35. The van der Waals surface area contributed by atoms with Crippen molar-refractivity contribution in [3.63, 3.8) is 0 Å². The first-order valence-electron chi connectivity index (χ1n) is 3.37. The molecular weight excluding hydrogens is 138 g/mol. The van der Waals surface area contributed by atoms with Crippen molar-refractivity contribution in [1.82, 2.24) is 4.98 Å². The molecule has 11 heavy (non-hydrogen) atoms. The van der Waals surface area contributed by atoms with E-state index in [2.05, 4.69) is 4.98 Å². The average molecular weight is 147 g/mol. The minimum absolute atomic E-state index is 0.200. The van der Waals surface area contributed by atoms with Crippen molar-refractivity contribution in [2.75, 3.05) is 0 Å². The molecule has 0 spiro atoms. The number of hydrogen-bond donors (Lipinski definition) is 1. The molecule has 3 heteroatoms. The molecule has 0 bridgehead atoms. The fraction of sp³-hybridized carbons (Fsp3) is 0.250. The molecule has 1 aromatic heterocycles. The van der Waals surface area contributed by atoms with E-state index in [1.54, 1.807) is 12.4 Å². The van der Waals surface area contributed by atoms with Gasteiger partial charge >= 0.3 is 0 Å². The number of rotatable bonds is 2. The first-order valence-corrected chi connectivity index (χ1v) is 3.37. The van der Waals surface area contributed by atoms with Crippen LogP contribution in [-0.4, -0.2) is 4.98 Å². The fourth-order valence-corrected chi connectivity index (χ4v) is 0.812. The Hall–Kier alpha value is -1.40. The third-order valence-electron chi connectivity index (χ3n) is 1.42. The van der Waals surface area contributed by atoms with Gasteiger partial charge in [-0.1, -0.05) is 6.07 Å². The third-order valence-corrected chi connectivity index (χ3v) is 1.42. The molecule has 0 radical (unpaired) electrons. The Bertz CT molecular complexity index is 250. The SMILES string of the molecule is N#CC[C@@H](N)c1cccnc1. The van der Waals surface area contributed by atoms with Gasteiger partial charge in [0.15, 0.2) is 0 Å². The Kier molecular flexibility index (Phi) is 2.59. The van der Waals surface area contributed by atoms with Gasteiger partial charge in [-0.2, -0.15) is 5.26 Å². The van der Waals surface area contributed by atoms with Gasteiger partial charge in [-0.15, -0.1) is 0 Å². The second-order valence-electron chi connectivity index (χ2n) is 2.26. The summed E-state index contributed by atoms with van der Waals surface area (Å²) in [6.45, 7) is 0. The van der Waals surface area contributed by atoms with Crippen LogP contribution < -0.4 is 5.73 Å². The van der Waals surface area contributed by atoms with E-state index in [-0.39, 0.29) is 6.04 Å². The summed E-state index contributed by atoms with van der Waals surface area (Å²) in [4.78, 5) is 3.90. The predicted octanol–water partition coefficient (Wildman–Crippen LogP) is 0.995. The third kappa shape index (κ3) is 2.03. The highest BCUT2D eigenvalue weighted by Gasteiger charge is 2.02. The zero-order chi connectivity index (χ0) is 8.10. The smallest absolute Gasteiger partial charge is 0.0641 e. The molecule has 0 aliphatic carbocycles. The fourth-order valence-electron chi connectivity index (χ4n) is 0.812. The molecule has 2 N–H and O–H groups in total. The lowest BCUT2D eigenvalue weighted by Crippen LogP contribution is -2.08. The van der Waals surface area contributed by atoms with Crippen LogP contribution in [0.2, 0.25) is 0 Å². The van der Waals surface area contributed by atoms with E-state index in [4.69, 9.17) is 11.0 Å². The first-order chi connectivity index (χ1) is 5.34. The van der Waals surface area contributed by atoms with Gasteiger partial charge in [0.05, 0.1) is 12.5 Å². The Morgan fingerprint density at radius 3 is 3.09 bits per heavy atom. The molecule has 1 rings (SSSR count). The Balaban J connectivity index is 2.70. The molecule has 1 heterocycles. The van der Waals surface area contributed by atoms with Crippen LogP contribution in [0.25, 0.3) is 0 Å². The monoisotopic (exact) mass is 147 g/mol. The Morgan fingerprint density at radius 1 is 1.73 bits per heavy atom. The van der Waals surface area contributed by atoms with Crippen LogP contribution in [0.1, 0.15) is 18.0 Å². The van der Waals surface area contributed by atoms with Gasteiger partial charge in [-0.05, 0) is 11.6 Å². The summed E-state index contributed by atoms with van der Waals surface area (Å²) in [5.74, 6) is 0. The summed E-state index contributed by atoms with van der Waals surface area (Å²) in [5, 5.41) is 8.35. The van der Waals surface area contributed by atoms with Crippen molar-refractivity contribution in [3.8, 4) is 6.07 Å². The van der Waals surface area contributed by atoms with Crippen molar-refractivity contribution >= 4 is 0 Å². The number of nitrogens with zero attached hydrogens (tertiary/aromatic N) is 2. The average Bonchev–Trinajstić information content (AvgIpc) is 2.07. The summed E-state index contributed by atoms with van der Waals surface area (Å²) < 4.78 is 0. The molecule has 1 aromatic rings. The van der Waals surface area contributed by atoms with Crippen LogP contribution in [0, 0.1) is 11.3 Å². The minimum Gasteiger partial charge on any atom is -0.323 e. The highest BCUT2D eigenvalue weighted by atomic mass is 14.7. The second-order valence-corrected chi connectivity index (χ2v) is 2.26. The Labute approximate surface area is 65.5 Å². The van der Waals surface area contributed by atoms with E-state index in [9.17, 15) is 0 Å². The lowest BCUT2D eigenvalue weighted by atomic mass is 10.1. The first kappa shape index (κ1) is 7.70. The molecule has 0 saturated heterocycles. The molecular formula is C8H9N3. The molecule has 0 amide bonds. The topological polar surface area (TPSA) is 62.7 Å². The van der Waals surface area contributed by atoms with Gasteiger partial charge in [0.25, 0.3) is 0 Å². The highest BCUT2D eigenvalue weighted by Crippen LogP contribution is 2.10. The van der Waals surface area contributed by atoms with Crippen LogP contribution >= 0.6 is 0 Å². The molecule has 3 nitrogen and oxygen atoms in total. The van der Waals surface area contributed by atoms with E-state index in [1.807, 2.05) is 18.2 Å². The number of hydrogen-bond acceptors (Lipinski definition) is 3. The van der Waals surface area contributed by atoms with Crippen molar-refractivity contribution in [2.24, 2.45) is 5.73 Å². The normalized spacial score (nSPS) is 12.0. The summed E-state index contributed by atoms with van der Waals surface area (Å²) >= 11 is 0. The van der Waals surface area contributed by atoms with Gasteiger partial charge in [0, 0.05) is 18.4 Å². The molecule has 0 saturated carbocycles. The molecule has 1 atom stereocenters. The lowest BCUT2D eigenvalue weighted by Gasteiger charge is -2.04. The largest absolute Gasteiger partial charge is 0.323 e. The van der Waals surface area contributed by atoms with Crippen LogP contribution in [0.5, 0.6) is 0 Å². The van der Waals surface area contributed by atoms with Gasteiger partial charge < -0.3 is 5.73 Å². The standard InChI is InChI=1S/C8H9N3/c9-4-3-8(10)7-2-1-5-11-6-7/h1-2,5-6,8H,3,10H2/t8-/m1/s1. The maximum Gasteiger partial charge on any atom is 0.0641 e. The Morgan fingerprint density at radius 2 is 2.55 bits per heavy atom. The number of pyridine rings is 1.